The molecule has 0 amide bonds. The van der Waals surface area contributed by atoms with E-state index >= 15 is 0 Å². The summed E-state index contributed by atoms with van der Waals surface area (Å²) in [6.07, 6.45) is 0.594. The first-order valence-corrected chi connectivity index (χ1v) is 6.89. The van der Waals surface area contributed by atoms with Crippen molar-refractivity contribution in [2.45, 2.75) is 25.9 Å². The molecule has 1 atom stereocenters. The van der Waals surface area contributed by atoms with Crippen LogP contribution >= 0.6 is 0 Å². The van der Waals surface area contributed by atoms with E-state index in [2.05, 4.69) is 10.0 Å². The normalized spacial score (nSPS) is 27.5. The molecule has 0 radical (unpaired) electrons. The number of sulfonamides is 1. The maximum atomic E-state index is 11.5. The van der Waals surface area contributed by atoms with Gasteiger partial charge in [-0.1, -0.05) is 13.8 Å². The van der Waals surface area contributed by atoms with E-state index in [-0.39, 0.29) is 18.2 Å². The lowest BCUT2D eigenvalue weighted by atomic mass is 10.1. The van der Waals surface area contributed by atoms with Crippen molar-refractivity contribution in [1.82, 2.24) is 10.0 Å². The van der Waals surface area contributed by atoms with Crippen LogP contribution in [0.5, 0.6) is 0 Å². The minimum absolute atomic E-state index is 0.0962. The molecule has 1 fully saturated rings. The molecule has 15 heavy (non-hydrogen) atoms. The molecule has 6 heteroatoms. The van der Waals surface area contributed by atoms with Crippen LogP contribution in [0.15, 0.2) is 0 Å². The van der Waals surface area contributed by atoms with Crippen LogP contribution in [0.25, 0.3) is 0 Å². The van der Waals surface area contributed by atoms with Gasteiger partial charge in [0.15, 0.2) is 0 Å². The van der Waals surface area contributed by atoms with Gasteiger partial charge in [-0.15, -0.1) is 0 Å². The number of nitrogens with one attached hydrogen (secondary N) is 2. The molecule has 0 saturated carbocycles. The van der Waals surface area contributed by atoms with Crippen molar-refractivity contribution in [2.75, 3.05) is 25.4 Å². The molecule has 0 bridgehead atoms. The van der Waals surface area contributed by atoms with Crippen molar-refractivity contribution in [2.24, 2.45) is 5.92 Å². The van der Waals surface area contributed by atoms with Crippen LogP contribution in [0, 0.1) is 5.92 Å². The third-order valence-corrected chi connectivity index (χ3v) is 4.08. The van der Waals surface area contributed by atoms with Crippen LogP contribution < -0.4 is 10.0 Å². The molecule has 90 valence electrons. The van der Waals surface area contributed by atoms with E-state index in [9.17, 15) is 13.5 Å². The van der Waals surface area contributed by atoms with Crippen molar-refractivity contribution < 1.29 is 13.5 Å². The Balaban J connectivity index is 2.42. The molecule has 0 aromatic heterocycles. The fourth-order valence-corrected chi connectivity index (χ4v) is 3.11. The summed E-state index contributed by atoms with van der Waals surface area (Å²) < 4.78 is 25.4. The standard InChI is InChI=1S/C9H20N2O3S/c1-8(2)5-15(13,14)11-7-9(12)3-4-10-6-9/h8,10-12H,3-7H2,1-2H3. The van der Waals surface area contributed by atoms with Gasteiger partial charge in [-0.2, -0.15) is 0 Å². The Kier molecular flexibility index (Phi) is 4.11. The van der Waals surface area contributed by atoms with Crippen LogP contribution in [-0.4, -0.2) is 44.5 Å². The molecule has 1 aliphatic rings. The average molecular weight is 236 g/mol. The first-order valence-electron chi connectivity index (χ1n) is 5.23. The summed E-state index contributed by atoms with van der Waals surface area (Å²) in [5.41, 5.74) is -0.913. The van der Waals surface area contributed by atoms with Crippen molar-refractivity contribution in [3.8, 4) is 0 Å². The van der Waals surface area contributed by atoms with Gasteiger partial charge in [-0.05, 0) is 18.9 Å². The van der Waals surface area contributed by atoms with Crippen molar-refractivity contribution in [1.29, 1.82) is 0 Å². The topological polar surface area (TPSA) is 78.4 Å². The van der Waals surface area contributed by atoms with Gasteiger partial charge in [0.05, 0.1) is 11.4 Å². The zero-order valence-electron chi connectivity index (χ0n) is 9.28. The minimum Gasteiger partial charge on any atom is -0.387 e. The second kappa shape index (κ2) is 4.78. The lowest BCUT2D eigenvalue weighted by Crippen LogP contribution is -2.45. The summed E-state index contributed by atoms with van der Waals surface area (Å²) in [7, 11) is -3.24. The highest BCUT2D eigenvalue weighted by atomic mass is 32.2. The fraction of sp³-hybridized carbons (Fsp3) is 1.00. The first kappa shape index (κ1) is 12.9. The summed E-state index contributed by atoms with van der Waals surface area (Å²) in [5, 5.41) is 12.9. The average Bonchev–Trinajstić information content (AvgIpc) is 2.48. The summed E-state index contributed by atoms with van der Waals surface area (Å²) in [6, 6.07) is 0. The lowest BCUT2D eigenvalue weighted by Gasteiger charge is -2.21. The van der Waals surface area contributed by atoms with Crippen LogP contribution in [0.1, 0.15) is 20.3 Å². The minimum atomic E-state index is -3.24. The van der Waals surface area contributed by atoms with E-state index in [4.69, 9.17) is 0 Å². The fourth-order valence-electron chi connectivity index (χ4n) is 1.62. The van der Waals surface area contributed by atoms with Crippen molar-refractivity contribution >= 4 is 10.0 Å². The van der Waals surface area contributed by atoms with Crippen LogP contribution in [0.2, 0.25) is 0 Å². The highest BCUT2D eigenvalue weighted by molar-refractivity contribution is 7.89. The van der Waals surface area contributed by atoms with Crippen molar-refractivity contribution in [3.05, 3.63) is 0 Å². The molecule has 5 nitrogen and oxygen atoms in total. The van der Waals surface area contributed by atoms with Gasteiger partial charge in [-0.25, -0.2) is 13.1 Å². The van der Waals surface area contributed by atoms with Gasteiger partial charge in [0.1, 0.15) is 0 Å². The molecular weight excluding hydrogens is 216 g/mol. The summed E-state index contributed by atoms with van der Waals surface area (Å²) in [4.78, 5) is 0. The number of hydrogen-bond acceptors (Lipinski definition) is 4. The number of β-amino-alcohol motifs (C(OH)–C–C–N with tert-alkyl or cyclic N) is 1. The summed E-state index contributed by atoms with van der Waals surface area (Å²) >= 11 is 0. The smallest absolute Gasteiger partial charge is 0.211 e. The first-order chi connectivity index (χ1) is 6.83. The quantitative estimate of drug-likeness (QED) is 0.589. The zero-order chi connectivity index (χ0) is 11.5. The molecule has 3 N–H and O–H groups in total. The monoisotopic (exact) mass is 236 g/mol. The Morgan fingerprint density at radius 1 is 1.53 bits per heavy atom. The van der Waals surface area contributed by atoms with E-state index in [1.807, 2.05) is 13.8 Å². The van der Waals surface area contributed by atoms with E-state index in [1.54, 1.807) is 0 Å². The molecule has 1 rings (SSSR count). The van der Waals surface area contributed by atoms with Crippen LogP contribution in [0.3, 0.4) is 0 Å². The summed E-state index contributed by atoms with van der Waals surface area (Å²) in [6.45, 7) is 5.00. The van der Waals surface area contributed by atoms with Gasteiger partial charge >= 0.3 is 0 Å². The van der Waals surface area contributed by atoms with Gasteiger partial charge in [-0.3, -0.25) is 0 Å². The Morgan fingerprint density at radius 2 is 2.20 bits per heavy atom. The van der Waals surface area contributed by atoms with E-state index in [1.165, 1.54) is 0 Å². The molecule has 1 aliphatic heterocycles. The van der Waals surface area contributed by atoms with E-state index in [0.717, 1.165) is 6.54 Å². The van der Waals surface area contributed by atoms with Gasteiger partial charge in [0, 0.05) is 13.1 Å². The largest absolute Gasteiger partial charge is 0.387 e. The molecule has 0 aromatic rings. The maximum absolute atomic E-state index is 11.5. The molecule has 0 aromatic carbocycles. The Bertz CT molecular complexity index is 294. The third kappa shape index (κ3) is 4.46. The Morgan fingerprint density at radius 3 is 2.67 bits per heavy atom. The van der Waals surface area contributed by atoms with Gasteiger partial charge in [0.25, 0.3) is 0 Å². The molecule has 1 unspecified atom stereocenters. The molecule has 0 aliphatic carbocycles. The predicted octanol–water partition coefficient (Wildman–Crippen LogP) is -0.714. The Hall–Kier alpha value is -0.170. The van der Waals surface area contributed by atoms with E-state index in [0.29, 0.717) is 13.0 Å². The number of rotatable bonds is 5. The van der Waals surface area contributed by atoms with Crippen LogP contribution in [-0.2, 0) is 10.0 Å². The van der Waals surface area contributed by atoms with E-state index < -0.39 is 15.6 Å². The molecule has 1 heterocycles. The molecule has 0 spiro atoms. The van der Waals surface area contributed by atoms with Gasteiger partial charge in [0.2, 0.25) is 10.0 Å². The second-order valence-corrected chi connectivity index (χ2v) is 6.50. The SMILES string of the molecule is CC(C)CS(=O)(=O)NCC1(O)CCNC1. The van der Waals surface area contributed by atoms with Gasteiger partial charge < -0.3 is 10.4 Å². The maximum Gasteiger partial charge on any atom is 0.211 e. The molecular formula is C9H20N2O3S. The highest BCUT2D eigenvalue weighted by Crippen LogP contribution is 2.13. The van der Waals surface area contributed by atoms with Crippen molar-refractivity contribution in [3.63, 3.8) is 0 Å². The lowest BCUT2D eigenvalue weighted by molar-refractivity contribution is 0.0667. The third-order valence-electron chi connectivity index (χ3n) is 2.40. The Labute approximate surface area is 91.3 Å². The summed E-state index contributed by atoms with van der Waals surface area (Å²) in [5.74, 6) is 0.204. The number of hydrogen-bond donors (Lipinski definition) is 3. The zero-order valence-corrected chi connectivity index (χ0v) is 10.1. The second-order valence-electron chi connectivity index (χ2n) is 4.65. The highest BCUT2D eigenvalue weighted by Gasteiger charge is 2.32. The number of aliphatic hydroxyl groups is 1. The molecule has 1 saturated heterocycles. The predicted molar refractivity (Wildman–Crippen MR) is 59.1 cm³/mol. The van der Waals surface area contributed by atoms with Crippen LogP contribution in [0.4, 0.5) is 0 Å².